The second kappa shape index (κ2) is 10.1. The standard InChI is InChI=1S/C40H28N2/c1-5-15-32(16-6-1)41(33-17-7-2-8-18-33)36-26-30-25-24-29-14-13-23-37-38(28-31(27-36)39(30)40(29)37)42(34-19-9-3-10-20-34)35-21-11-4-12-22-35/h1-28H. The molecule has 2 heteroatoms. The molecule has 0 radical (unpaired) electrons. The van der Waals surface area contributed by atoms with Crippen molar-refractivity contribution in [3.05, 3.63) is 170 Å². The van der Waals surface area contributed by atoms with Gasteiger partial charge in [-0.05, 0) is 93.7 Å². The van der Waals surface area contributed by atoms with E-state index in [1.807, 2.05) is 0 Å². The number of hydrogen-bond acceptors (Lipinski definition) is 2. The molecule has 198 valence electrons. The van der Waals surface area contributed by atoms with Crippen LogP contribution in [0.3, 0.4) is 0 Å². The van der Waals surface area contributed by atoms with Gasteiger partial charge in [0.2, 0.25) is 0 Å². The van der Waals surface area contributed by atoms with Gasteiger partial charge in [-0.1, -0.05) is 103 Å². The van der Waals surface area contributed by atoms with Gasteiger partial charge >= 0.3 is 0 Å². The molecule has 0 bridgehead atoms. The highest BCUT2D eigenvalue weighted by Gasteiger charge is 2.21. The molecule has 42 heavy (non-hydrogen) atoms. The van der Waals surface area contributed by atoms with Gasteiger partial charge in [0, 0.05) is 33.8 Å². The first-order valence-corrected chi connectivity index (χ1v) is 14.4. The average molecular weight is 537 g/mol. The predicted molar refractivity (Wildman–Crippen MR) is 180 cm³/mol. The Balaban J connectivity index is 1.45. The number of benzene rings is 8. The third-order valence-corrected chi connectivity index (χ3v) is 8.10. The summed E-state index contributed by atoms with van der Waals surface area (Å²) in [7, 11) is 0. The lowest BCUT2D eigenvalue weighted by atomic mass is 9.92. The Hall–Kier alpha value is -5.60. The Labute approximate surface area is 245 Å². The fourth-order valence-corrected chi connectivity index (χ4v) is 6.31. The Kier molecular flexibility index (Phi) is 5.82. The van der Waals surface area contributed by atoms with Gasteiger partial charge < -0.3 is 9.80 Å². The van der Waals surface area contributed by atoms with Crippen LogP contribution in [0.15, 0.2) is 170 Å². The molecule has 0 N–H and O–H groups in total. The molecule has 0 heterocycles. The summed E-state index contributed by atoms with van der Waals surface area (Å²) in [5, 5.41) is 7.56. The lowest BCUT2D eigenvalue weighted by Crippen LogP contribution is -2.11. The van der Waals surface area contributed by atoms with Crippen LogP contribution in [0, 0.1) is 0 Å². The summed E-state index contributed by atoms with van der Waals surface area (Å²) in [5.74, 6) is 0. The Bertz CT molecular complexity index is 2040. The molecule has 0 aliphatic carbocycles. The highest BCUT2D eigenvalue weighted by Crippen LogP contribution is 2.46. The largest absolute Gasteiger partial charge is 0.310 e. The van der Waals surface area contributed by atoms with Crippen LogP contribution in [-0.2, 0) is 0 Å². The van der Waals surface area contributed by atoms with Crippen LogP contribution in [0.25, 0.3) is 32.3 Å². The van der Waals surface area contributed by atoms with E-state index < -0.39 is 0 Å². The first-order valence-electron chi connectivity index (χ1n) is 14.4. The van der Waals surface area contributed by atoms with Gasteiger partial charge in [0.15, 0.2) is 0 Å². The van der Waals surface area contributed by atoms with E-state index >= 15 is 0 Å². The van der Waals surface area contributed by atoms with Crippen LogP contribution in [0.1, 0.15) is 0 Å². The molecule has 0 saturated heterocycles. The Morgan fingerprint density at radius 2 is 0.762 bits per heavy atom. The lowest BCUT2D eigenvalue weighted by molar-refractivity contribution is 1.29. The molecule has 0 aliphatic heterocycles. The van der Waals surface area contributed by atoms with Crippen molar-refractivity contribution in [2.45, 2.75) is 0 Å². The smallest absolute Gasteiger partial charge is 0.0546 e. The summed E-state index contributed by atoms with van der Waals surface area (Å²) in [6.07, 6.45) is 0. The minimum Gasteiger partial charge on any atom is -0.310 e. The minimum atomic E-state index is 1.13. The number of anilines is 6. The summed E-state index contributed by atoms with van der Waals surface area (Å²) in [5.41, 5.74) is 6.83. The van der Waals surface area contributed by atoms with E-state index in [-0.39, 0.29) is 0 Å². The SMILES string of the molecule is c1ccc(N(c2ccccc2)c2cc3ccc4cccc5c(N(c6ccccc6)c6ccccc6)cc(c2)c3c45)cc1. The van der Waals surface area contributed by atoms with Crippen molar-refractivity contribution in [2.24, 2.45) is 0 Å². The molecule has 0 amide bonds. The molecule has 0 unspecified atom stereocenters. The third kappa shape index (κ3) is 4.05. The number of hydrogen-bond donors (Lipinski definition) is 0. The topological polar surface area (TPSA) is 6.48 Å². The molecule has 0 aliphatic rings. The van der Waals surface area contributed by atoms with Gasteiger partial charge in [-0.2, -0.15) is 0 Å². The van der Waals surface area contributed by atoms with E-state index in [9.17, 15) is 0 Å². The fraction of sp³-hybridized carbons (Fsp3) is 0. The quantitative estimate of drug-likeness (QED) is 0.195. The van der Waals surface area contributed by atoms with Crippen LogP contribution in [-0.4, -0.2) is 0 Å². The highest BCUT2D eigenvalue weighted by molar-refractivity contribution is 6.27. The first kappa shape index (κ1) is 24.2. The molecule has 0 aromatic heterocycles. The fourth-order valence-electron chi connectivity index (χ4n) is 6.31. The van der Waals surface area contributed by atoms with Crippen LogP contribution in [0.4, 0.5) is 34.1 Å². The van der Waals surface area contributed by atoms with Crippen LogP contribution in [0.2, 0.25) is 0 Å². The van der Waals surface area contributed by atoms with Crippen LogP contribution < -0.4 is 9.80 Å². The Morgan fingerprint density at radius 3 is 1.31 bits per heavy atom. The monoisotopic (exact) mass is 536 g/mol. The van der Waals surface area contributed by atoms with Crippen molar-refractivity contribution < 1.29 is 0 Å². The number of nitrogens with zero attached hydrogens (tertiary/aromatic N) is 2. The van der Waals surface area contributed by atoms with E-state index in [0.717, 1.165) is 28.4 Å². The third-order valence-electron chi connectivity index (χ3n) is 8.10. The first-order chi connectivity index (χ1) is 20.8. The lowest BCUT2D eigenvalue weighted by Gasteiger charge is -2.29. The van der Waals surface area contributed by atoms with Gasteiger partial charge in [0.1, 0.15) is 0 Å². The van der Waals surface area contributed by atoms with Gasteiger partial charge in [0.05, 0.1) is 5.69 Å². The molecular weight excluding hydrogens is 508 g/mol. The predicted octanol–water partition coefficient (Wildman–Crippen LogP) is 11.5. The van der Waals surface area contributed by atoms with Crippen molar-refractivity contribution in [1.82, 2.24) is 0 Å². The summed E-state index contributed by atoms with van der Waals surface area (Å²) in [6, 6.07) is 60.9. The van der Waals surface area contributed by atoms with Crippen LogP contribution >= 0.6 is 0 Å². The molecule has 0 atom stereocenters. The van der Waals surface area contributed by atoms with Crippen molar-refractivity contribution >= 4 is 66.4 Å². The van der Waals surface area contributed by atoms with Crippen LogP contribution in [0.5, 0.6) is 0 Å². The van der Waals surface area contributed by atoms with Gasteiger partial charge in [-0.15, -0.1) is 0 Å². The summed E-state index contributed by atoms with van der Waals surface area (Å²) in [6.45, 7) is 0. The van der Waals surface area contributed by atoms with Crippen molar-refractivity contribution in [3.63, 3.8) is 0 Å². The average Bonchev–Trinajstić information content (AvgIpc) is 3.06. The zero-order valence-corrected chi connectivity index (χ0v) is 23.1. The van der Waals surface area contributed by atoms with E-state index in [4.69, 9.17) is 0 Å². The van der Waals surface area contributed by atoms with Crippen molar-refractivity contribution in [3.8, 4) is 0 Å². The molecular formula is C40H28N2. The number of rotatable bonds is 6. The summed E-state index contributed by atoms with van der Waals surface area (Å²) in [4.78, 5) is 4.73. The second-order valence-corrected chi connectivity index (χ2v) is 10.6. The maximum absolute atomic E-state index is 2.38. The molecule has 8 aromatic rings. The van der Waals surface area contributed by atoms with Crippen molar-refractivity contribution in [1.29, 1.82) is 0 Å². The van der Waals surface area contributed by atoms with E-state index in [0.29, 0.717) is 0 Å². The molecule has 0 saturated carbocycles. The molecule has 8 aromatic carbocycles. The maximum Gasteiger partial charge on any atom is 0.0546 e. The number of para-hydroxylation sites is 4. The van der Waals surface area contributed by atoms with E-state index in [2.05, 4.69) is 180 Å². The highest BCUT2D eigenvalue weighted by atomic mass is 15.1. The summed E-state index contributed by atoms with van der Waals surface area (Å²) < 4.78 is 0. The molecule has 8 rings (SSSR count). The molecule has 0 spiro atoms. The van der Waals surface area contributed by atoms with Crippen molar-refractivity contribution in [2.75, 3.05) is 9.80 Å². The second-order valence-electron chi connectivity index (χ2n) is 10.6. The van der Waals surface area contributed by atoms with Gasteiger partial charge in [-0.3, -0.25) is 0 Å². The van der Waals surface area contributed by atoms with Gasteiger partial charge in [0.25, 0.3) is 0 Å². The Morgan fingerprint density at radius 1 is 0.286 bits per heavy atom. The minimum absolute atomic E-state index is 1.13. The zero-order chi connectivity index (χ0) is 27.9. The zero-order valence-electron chi connectivity index (χ0n) is 23.1. The molecule has 0 fully saturated rings. The molecule has 2 nitrogen and oxygen atoms in total. The van der Waals surface area contributed by atoms with E-state index in [1.54, 1.807) is 0 Å². The van der Waals surface area contributed by atoms with Gasteiger partial charge in [-0.25, -0.2) is 0 Å². The normalized spacial score (nSPS) is 11.3. The van der Waals surface area contributed by atoms with E-state index in [1.165, 1.54) is 38.0 Å². The maximum atomic E-state index is 2.38. The summed E-state index contributed by atoms with van der Waals surface area (Å²) >= 11 is 0.